The van der Waals surface area contributed by atoms with E-state index in [0.717, 1.165) is 24.2 Å². The highest BCUT2D eigenvalue weighted by Gasteiger charge is 2.06. The molecule has 0 aliphatic heterocycles. The maximum Gasteiger partial charge on any atom is 0.139 e. The number of rotatable bonds is 7. The first kappa shape index (κ1) is 16.6. The molecule has 3 rings (SSSR count). The van der Waals surface area contributed by atoms with E-state index in [4.69, 9.17) is 15.7 Å². The molecular formula is C20H20N4O. The number of nitrogen functional groups attached to an aromatic ring is 1. The van der Waals surface area contributed by atoms with E-state index in [9.17, 15) is 0 Å². The van der Waals surface area contributed by atoms with Crippen LogP contribution in [-0.2, 0) is 19.6 Å². The van der Waals surface area contributed by atoms with Crippen LogP contribution in [0.4, 0.5) is 5.82 Å². The summed E-state index contributed by atoms with van der Waals surface area (Å²) < 4.78 is 7.47. The topological polar surface area (TPSA) is 76.9 Å². The maximum absolute atomic E-state index is 8.88. The molecule has 0 atom stereocenters. The lowest BCUT2D eigenvalue weighted by molar-refractivity contribution is 0.306. The highest BCUT2D eigenvalue weighted by molar-refractivity contribution is 5.47. The number of nitriles is 1. The van der Waals surface area contributed by atoms with Gasteiger partial charge < -0.3 is 10.5 Å². The van der Waals surface area contributed by atoms with Crippen LogP contribution >= 0.6 is 0 Å². The SMILES string of the molecule is N#Cc1cnn(CCCc2ccc(OCc3ccccc3)cc2)c1N. The molecule has 1 heterocycles. The normalized spacial score (nSPS) is 10.4. The minimum atomic E-state index is 0.430. The Morgan fingerprint density at radius 3 is 2.48 bits per heavy atom. The van der Waals surface area contributed by atoms with Crippen molar-refractivity contribution >= 4 is 5.82 Å². The van der Waals surface area contributed by atoms with E-state index in [1.807, 2.05) is 48.5 Å². The number of aryl methyl sites for hydroxylation is 2. The highest BCUT2D eigenvalue weighted by Crippen LogP contribution is 2.16. The second-order valence-electron chi connectivity index (χ2n) is 5.80. The van der Waals surface area contributed by atoms with E-state index in [2.05, 4.69) is 17.2 Å². The van der Waals surface area contributed by atoms with Gasteiger partial charge in [-0.15, -0.1) is 0 Å². The summed E-state index contributed by atoms with van der Waals surface area (Å²) in [5, 5.41) is 13.0. The van der Waals surface area contributed by atoms with Gasteiger partial charge in [-0.2, -0.15) is 10.4 Å². The van der Waals surface area contributed by atoms with Gasteiger partial charge in [0.15, 0.2) is 0 Å². The Morgan fingerprint density at radius 2 is 1.80 bits per heavy atom. The van der Waals surface area contributed by atoms with Crippen molar-refractivity contribution in [1.29, 1.82) is 5.26 Å². The Kier molecular flexibility index (Phi) is 5.32. The van der Waals surface area contributed by atoms with Crippen molar-refractivity contribution in [3.05, 3.63) is 77.5 Å². The lowest BCUT2D eigenvalue weighted by Crippen LogP contribution is -2.06. The van der Waals surface area contributed by atoms with Gasteiger partial charge in [-0.3, -0.25) is 0 Å². The van der Waals surface area contributed by atoms with Gasteiger partial charge in [-0.05, 0) is 36.1 Å². The molecule has 0 saturated carbocycles. The number of aromatic nitrogens is 2. The van der Waals surface area contributed by atoms with Crippen LogP contribution in [0.5, 0.6) is 5.75 Å². The van der Waals surface area contributed by atoms with Crippen LogP contribution in [0.25, 0.3) is 0 Å². The number of hydrogen-bond acceptors (Lipinski definition) is 4. The molecule has 0 fully saturated rings. The predicted octanol–water partition coefficient (Wildman–Crippen LogP) is 3.55. The van der Waals surface area contributed by atoms with Crippen molar-refractivity contribution in [3.8, 4) is 11.8 Å². The van der Waals surface area contributed by atoms with Crippen LogP contribution in [-0.4, -0.2) is 9.78 Å². The number of nitrogens with zero attached hydrogens (tertiary/aromatic N) is 3. The van der Waals surface area contributed by atoms with Crippen LogP contribution in [0.2, 0.25) is 0 Å². The Labute approximate surface area is 147 Å². The zero-order valence-electron chi connectivity index (χ0n) is 13.9. The largest absolute Gasteiger partial charge is 0.489 e. The fourth-order valence-corrected chi connectivity index (χ4v) is 2.59. The molecule has 0 unspecified atom stereocenters. The molecule has 5 heteroatoms. The molecule has 0 saturated heterocycles. The van der Waals surface area contributed by atoms with Gasteiger partial charge in [0.2, 0.25) is 0 Å². The van der Waals surface area contributed by atoms with Gasteiger partial charge in [-0.25, -0.2) is 4.68 Å². The summed E-state index contributed by atoms with van der Waals surface area (Å²) in [7, 11) is 0. The average Bonchev–Trinajstić information content (AvgIpc) is 3.02. The molecule has 0 radical (unpaired) electrons. The van der Waals surface area contributed by atoms with Crippen LogP contribution < -0.4 is 10.5 Å². The third kappa shape index (κ3) is 4.39. The van der Waals surface area contributed by atoms with Crippen molar-refractivity contribution in [3.63, 3.8) is 0 Å². The zero-order chi connectivity index (χ0) is 17.5. The quantitative estimate of drug-likeness (QED) is 0.718. The summed E-state index contributed by atoms with van der Waals surface area (Å²) in [6.07, 6.45) is 3.33. The standard InChI is InChI=1S/C20H20N4O/c21-13-18-14-23-24(20(18)22)12-4-7-16-8-10-19(11-9-16)25-15-17-5-2-1-3-6-17/h1-3,5-6,8-11,14H,4,7,12,15,22H2. The summed E-state index contributed by atoms with van der Waals surface area (Å²) in [5.41, 5.74) is 8.67. The number of ether oxygens (including phenoxy) is 1. The number of hydrogen-bond donors (Lipinski definition) is 1. The van der Waals surface area contributed by atoms with E-state index in [1.54, 1.807) is 4.68 Å². The lowest BCUT2D eigenvalue weighted by Gasteiger charge is -2.08. The first-order valence-electron chi connectivity index (χ1n) is 8.23. The molecule has 2 aromatic carbocycles. The van der Waals surface area contributed by atoms with Gasteiger partial charge in [-0.1, -0.05) is 42.5 Å². The molecule has 0 aliphatic rings. The van der Waals surface area contributed by atoms with Crippen LogP contribution in [0.15, 0.2) is 60.8 Å². The van der Waals surface area contributed by atoms with E-state index in [1.165, 1.54) is 11.8 Å². The first-order chi connectivity index (χ1) is 12.3. The van der Waals surface area contributed by atoms with Gasteiger partial charge in [0.05, 0.1) is 6.20 Å². The summed E-state index contributed by atoms with van der Waals surface area (Å²) in [6.45, 7) is 1.26. The third-order valence-corrected chi connectivity index (χ3v) is 4.01. The fraction of sp³-hybridized carbons (Fsp3) is 0.200. The van der Waals surface area contributed by atoms with Crippen LogP contribution in [0.3, 0.4) is 0 Å². The van der Waals surface area contributed by atoms with Crippen molar-refractivity contribution in [1.82, 2.24) is 9.78 Å². The van der Waals surface area contributed by atoms with Crippen LogP contribution in [0.1, 0.15) is 23.1 Å². The summed E-state index contributed by atoms with van der Waals surface area (Å²) in [5.74, 6) is 1.30. The van der Waals surface area contributed by atoms with Gasteiger partial charge in [0, 0.05) is 6.54 Å². The summed E-state index contributed by atoms with van der Waals surface area (Å²) in [6, 6.07) is 20.3. The van der Waals surface area contributed by atoms with Crippen molar-refractivity contribution < 1.29 is 4.74 Å². The number of anilines is 1. The Balaban J connectivity index is 1.47. The van der Waals surface area contributed by atoms with Crippen LogP contribution in [0, 0.1) is 11.3 Å². The van der Waals surface area contributed by atoms with E-state index < -0.39 is 0 Å². The van der Waals surface area contributed by atoms with E-state index >= 15 is 0 Å². The fourth-order valence-electron chi connectivity index (χ4n) is 2.59. The highest BCUT2D eigenvalue weighted by atomic mass is 16.5. The third-order valence-electron chi connectivity index (χ3n) is 4.01. The molecular weight excluding hydrogens is 312 g/mol. The van der Waals surface area contributed by atoms with Gasteiger partial charge in [0.25, 0.3) is 0 Å². The predicted molar refractivity (Wildman–Crippen MR) is 96.9 cm³/mol. The average molecular weight is 332 g/mol. The first-order valence-corrected chi connectivity index (χ1v) is 8.23. The molecule has 0 spiro atoms. The molecule has 3 aromatic rings. The van der Waals surface area contributed by atoms with E-state index in [-0.39, 0.29) is 0 Å². The molecule has 0 amide bonds. The maximum atomic E-state index is 8.88. The second-order valence-corrected chi connectivity index (χ2v) is 5.80. The number of benzene rings is 2. The molecule has 1 aromatic heterocycles. The molecule has 25 heavy (non-hydrogen) atoms. The van der Waals surface area contributed by atoms with Crippen molar-refractivity contribution in [2.75, 3.05) is 5.73 Å². The smallest absolute Gasteiger partial charge is 0.139 e. The minimum absolute atomic E-state index is 0.430. The minimum Gasteiger partial charge on any atom is -0.489 e. The molecule has 0 aliphatic carbocycles. The molecule has 126 valence electrons. The molecule has 0 bridgehead atoms. The summed E-state index contributed by atoms with van der Waals surface area (Å²) >= 11 is 0. The number of nitrogens with two attached hydrogens (primary N) is 1. The molecule has 5 nitrogen and oxygen atoms in total. The zero-order valence-corrected chi connectivity index (χ0v) is 13.9. The van der Waals surface area contributed by atoms with E-state index in [0.29, 0.717) is 24.5 Å². The Morgan fingerprint density at radius 1 is 1.04 bits per heavy atom. The summed E-state index contributed by atoms with van der Waals surface area (Å²) in [4.78, 5) is 0. The van der Waals surface area contributed by atoms with Gasteiger partial charge in [0.1, 0.15) is 29.8 Å². The van der Waals surface area contributed by atoms with Gasteiger partial charge >= 0.3 is 0 Å². The lowest BCUT2D eigenvalue weighted by atomic mass is 10.1. The molecule has 2 N–H and O–H groups in total. The van der Waals surface area contributed by atoms with Crippen molar-refractivity contribution in [2.45, 2.75) is 26.0 Å². The Bertz CT molecular complexity index is 848. The monoisotopic (exact) mass is 332 g/mol. The Hall–Kier alpha value is -3.26. The second kappa shape index (κ2) is 8.02. The van der Waals surface area contributed by atoms with Crippen molar-refractivity contribution in [2.24, 2.45) is 0 Å².